The van der Waals surface area contributed by atoms with Crippen LogP contribution in [-0.2, 0) is 4.79 Å². The summed E-state index contributed by atoms with van der Waals surface area (Å²) in [5.41, 5.74) is 10.2. The van der Waals surface area contributed by atoms with Crippen LogP contribution in [0.5, 0.6) is 0 Å². The summed E-state index contributed by atoms with van der Waals surface area (Å²) in [5.74, 6) is 0.259. The lowest BCUT2D eigenvalue weighted by molar-refractivity contribution is -0.122. The van der Waals surface area contributed by atoms with Crippen LogP contribution in [0.4, 0.5) is 0 Å². The van der Waals surface area contributed by atoms with E-state index in [1.54, 1.807) is 0 Å². The number of hydrogen-bond donors (Lipinski definition) is 1. The van der Waals surface area contributed by atoms with Crippen molar-refractivity contribution >= 4 is 11.5 Å². The van der Waals surface area contributed by atoms with Crippen molar-refractivity contribution in [3.63, 3.8) is 0 Å². The molecule has 2 heterocycles. The Morgan fingerprint density at radius 2 is 1.92 bits per heavy atom. The van der Waals surface area contributed by atoms with Gasteiger partial charge in [0.15, 0.2) is 0 Å². The van der Waals surface area contributed by atoms with Crippen LogP contribution in [0.1, 0.15) is 44.2 Å². The molecule has 0 saturated heterocycles. The minimum absolute atomic E-state index is 0.222. The van der Waals surface area contributed by atoms with Gasteiger partial charge in [-0.3, -0.25) is 9.69 Å². The fourth-order valence-electron chi connectivity index (χ4n) is 3.12. The van der Waals surface area contributed by atoms with E-state index in [4.69, 9.17) is 5.73 Å². The lowest BCUT2D eigenvalue weighted by Gasteiger charge is -2.29. The number of primary amides is 1. The maximum Gasteiger partial charge on any atom is 0.234 e. The number of benzene rings is 1. The molecule has 0 spiro atoms. The zero-order chi connectivity index (χ0) is 18.0. The molecule has 0 aliphatic carbocycles. The first-order valence-electron chi connectivity index (χ1n) is 8.83. The summed E-state index contributed by atoms with van der Waals surface area (Å²) in [6.45, 7) is 7.83. The number of carbonyl (C=O) groups is 1. The molecule has 1 amide bonds. The summed E-state index contributed by atoms with van der Waals surface area (Å²) < 4.78 is 1.92. The lowest BCUT2D eigenvalue weighted by atomic mass is 10.0. The Morgan fingerprint density at radius 1 is 1.20 bits per heavy atom. The topological polar surface area (TPSA) is 64.2 Å². The van der Waals surface area contributed by atoms with Crippen LogP contribution in [0.3, 0.4) is 0 Å². The minimum Gasteiger partial charge on any atom is -0.368 e. The monoisotopic (exact) mass is 338 g/mol. The van der Waals surface area contributed by atoms with Gasteiger partial charge in [0, 0.05) is 24.8 Å². The molecule has 0 radical (unpaired) electrons. The maximum atomic E-state index is 11.3. The highest BCUT2D eigenvalue weighted by Gasteiger charge is 2.21. The van der Waals surface area contributed by atoms with Gasteiger partial charge in [0.05, 0.1) is 17.9 Å². The molecule has 1 aromatic carbocycles. The van der Waals surface area contributed by atoms with E-state index in [1.165, 1.54) is 11.1 Å². The Bertz CT molecular complexity index is 773. The number of nitrogens with two attached hydrogens (primary N) is 1. The van der Waals surface area contributed by atoms with Gasteiger partial charge in [-0.25, -0.2) is 4.68 Å². The molecule has 132 valence electrons. The number of hydrogen-bond acceptors (Lipinski definition) is 3. The summed E-state index contributed by atoms with van der Waals surface area (Å²) in [7, 11) is 0. The van der Waals surface area contributed by atoms with Gasteiger partial charge < -0.3 is 5.73 Å². The molecular formula is C20H26N4O. The first kappa shape index (κ1) is 17.4. The van der Waals surface area contributed by atoms with Crippen molar-refractivity contribution in [2.24, 2.45) is 5.73 Å². The highest BCUT2D eigenvalue weighted by molar-refractivity contribution is 5.79. The molecule has 25 heavy (non-hydrogen) atoms. The van der Waals surface area contributed by atoms with Crippen LogP contribution >= 0.6 is 0 Å². The van der Waals surface area contributed by atoms with Crippen LogP contribution in [0, 0.1) is 0 Å². The third-order valence-corrected chi connectivity index (χ3v) is 4.98. The minimum atomic E-state index is -0.269. The zero-order valence-corrected chi connectivity index (χ0v) is 15.1. The van der Waals surface area contributed by atoms with E-state index < -0.39 is 0 Å². The molecule has 2 aromatic rings. The average molecular weight is 338 g/mol. The van der Waals surface area contributed by atoms with Crippen molar-refractivity contribution in [1.82, 2.24) is 14.7 Å². The molecule has 1 aliphatic heterocycles. The summed E-state index contributed by atoms with van der Waals surface area (Å²) >= 11 is 0. The Kier molecular flexibility index (Phi) is 5.04. The summed E-state index contributed by atoms with van der Waals surface area (Å²) in [6.07, 6.45) is 7.06. The van der Waals surface area contributed by atoms with Crippen molar-refractivity contribution in [3.8, 4) is 5.69 Å². The predicted molar refractivity (Wildman–Crippen MR) is 100 cm³/mol. The SMILES string of the molecule is CC(C)c1ccc(-n2cc(C3=CCN([C@H](C)C(N)=O)CC3)cn2)cc1. The van der Waals surface area contributed by atoms with Crippen molar-refractivity contribution < 1.29 is 4.79 Å². The number of aromatic nitrogens is 2. The highest BCUT2D eigenvalue weighted by Crippen LogP contribution is 2.24. The smallest absolute Gasteiger partial charge is 0.234 e. The Hall–Kier alpha value is -2.40. The quantitative estimate of drug-likeness (QED) is 0.911. The zero-order valence-electron chi connectivity index (χ0n) is 15.1. The molecule has 2 N–H and O–H groups in total. The molecule has 0 fully saturated rings. The second-order valence-electron chi connectivity index (χ2n) is 6.97. The molecule has 0 bridgehead atoms. The second-order valence-corrected chi connectivity index (χ2v) is 6.97. The molecule has 1 aliphatic rings. The first-order chi connectivity index (χ1) is 12.0. The number of amides is 1. The Morgan fingerprint density at radius 3 is 2.48 bits per heavy atom. The Labute approximate surface area is 149 Å². The van der Waals surface area contributed by atoms with E-state index in [1.807, 2.05) is 17.8 Å². The van der Waals surface area contributed by atoms with Crippen LogP contribution in [-0.4, -0.2) is 39.7 Å². The van der Waals surface area contributed by atoms with Crippen molar-refractivity contribution in [3.05, 3.63) is 53.9 Å². The standard InChI is InChI=1S/C20H26N4O/c1-14(2)16-4-6-19(7-5-16)24-13-18(12-22-24)17-8-10-23(11-9-17)15(3)20(21)25/h4-8,12-15H,9-11H2,1-3H3,(H2,21,25)/t15-/m1/s1. The van der Waals surface area contributed by atoms with Gasteiger partial charge in [-0.05, 0) is 42.5 Å². The van der Waals surface area contributed by atoms with E-state index in [0.29, 0.717) is 5.92 Å². The van der Waals surface area contributed by atoms with Gasteiger partial charge in [0.1, 0.15) is 0 Å². The molecule has 0 saturated carbocycles. The predicted octanol–water partition coefficient (Wildman–Crippen LogP) is 2.96. The summed E-state index contributed by atoms with van der Waals surface area (Å²) in [5, 5.41) is 4.51. The van der Waals surface area contributed by atoms with Crippen molar-refractivity contribution in [2.75, 3.05) is 13.1 Å². The van der Waals surface area contributed by atoms with Crippen LogP contribution in [0.15, 0.2) is 42.7 Å². The van der Waals surface area contributed by atoms with Gasteiger partial charge >= 0.3 is 0 Å². The molecule has 5 heteroatoms. The van der Waals surface area contributed by atoms with Crippen molar-refractivity contribution in [1.29, 1.82) is 0 Å². The van der Waals surface area contributed by atoms with Crippen LogP contribution in [0.25, 0.3) is 11.3 Å². The molecule has 3 rings (SSSR count). The average Bonchev–Trinajstić information content (AvgIpc) is 3.11. The van der Waals surface area contributed by atoms with E-state index >= 15 is 0 Å². The number of nitrogens with zero attached hydrogens (tertiary/aromatic N) is 3. The lowest BCUT2D eigenvalue weighted by Crippen LogP contribution is -2.44. The van der Waals surface area contributed by atoms with Crippen molar-refractivity contribution in [2.45, 2.75) is 39.2 Å². The van der Waals surface area contributed by atoms with E-state index in [2.05, 4.69) is 60.4 Å². The normalized spacial score (nSPS) is 16.7. The third kappa shape index (κ3) is 3.82. The van der Waals surface area contributed by atoms with Gasteiger partial charge in [0.2, 0.25) is 5.91 Å². The Balaban J connectivity index is 1.73. The van der Waals surface area contributed by atoms with Gasteiger partial charge in [-0.2, -0.15) is 5.10 Å². The van der Waals surface area contributed by atoms with E-state index in [9.17, 15) is 4.79 Å². The largest absolute Gasteiger partial charge is 0.368 e. The van der Waals surface area contributed by atoms with Gasteiger partial charge in [0.25, 0.3) is 0 Å². The van der Waals surface area contributed by atoms with Gasteiger partial charge in [-0.15, -0.1) is 0 Å². The second kappa shape index (κ2) is 7.23. The fourth-order valence-corrected chi connectivity index (χ4v) is 3.12. The maximum absolute atomic E-state index is 11.3. The first-order valence-corrected chi connectivity index (χ1v) is 8.83. The molecule has 1 atom stereocenters. The van der Waals surface area contributed by atoms with E-state index in [-0.39, 0.29) is 11.9 Å². The molecule has 0 unspecified atom stereocenters. The van der Waals surface area contributed by atoms with Crippen LogP contribution in [0.2, 0.25) is 0 Å². The number of carbonyl (C=O) groups excluding carboxylic acids is 1. The number of rotatable bonds is 5. The van der Waals surface area contributed by atoms with E-state index in [0.717, 1.165) is 30.8 Å². The summed E-state index contributed by atoms with van der Waals surface area (Å²) in [6, 6.07) is 8.31. The molecule has 1 aromatic heterocycles. The van der Waals surface area contributed by atoms with Crippen LogP contribution < -0.4 is 5.73 Å². The third-order valence-electron chi connectivity index (χ3n) is 4.98. The highest BCUT2D eigenvalue weighted by atomic mass is 16.1. The summed E-state index contributed by atoms with van der Waals surface area (Å²) in [4.78, 5) is 13.4. The molecular weight excluding hydrogens is 312 g/mol. The fraction of sp³-hybridized carbons (Fsp3) is 0.400. The van der Waals surface area contributed by atoms with Gasteiger partial charge in [-0.1, -0.05) is 32.1 Å². The molecule has 5 nitrogen and oxygen atoms in total.